The lowest BCUT2D eigenvalue weighted by Gasteiger charge is -2.31. The lowest BCUT2D eigenvalue weighted by Crippen LogP contribution is -2.21. The summed E-state index contributed by atoms with van der Waals surface area (Å²) in [6.07, 6.45) is 3.15. The highest BCUT2D eigenvalue weighted by Crippen LogP contribution is 2.33. The zero-order chi connectivity index (χ0) is 9.78. The Bertz CT molecular complexity index is 116. The molecule has 12 heavy (non-hydrogen) atoms. The van der Waals surface area contributed by atoms with Crippen molar-refractivity contribution < 1.29 is 5.11 Å². The molecule has 0 saturated heterocycles. The largest absolute Gasteiger partial charge is 0.393 e. The van der Waals surface area contributed by atoms with Gasteiger partial charge in [-0.25, -0.2) is 0 Å². The van der Waals surface area contributed by atoms with Gasteiger partial charge in [-0.2, -0.15) is 0 Å². The van der Waals surface area contributed by atoms with Crippen molar-refractivity contribution in [1.82, 2.24) is 0 Å². The summed E-state index contributed by atoms with van der Waals surface area (Å²) in [6, 6.07) is 0. The summed E-state index contributed by atoms with van der Waals surface area (Å²) in [7, 11) is 0. The molecule has 1 N–H and O–H groups in total. The number of aliphatic hydroxyl groups excluding tert-OH is 1. The maximum absolute atomic E-state index is 9.14. The van der Waals surface area contributed by atoms with E-state index in [1.54, 1.807) is 0 Å². The first-order chi connectivity index (χ1) is 5.40. The molecule has 0 aromatic heterocycles. The standard InChI is InChI=1S/C11H24O/c1-6-11(4,5)9(2)7-8-10(3)12/h9-10,12H,6-8H2,1-5H3. The fraction of sp³-hybridized carbons (Fsp3) is 1.00. The molecule has 0 spiro atoms. The van der Waals surface area contributed by atoms with Crippen molar-refractivity contribution in [1.29, 1.82) is 0 Å². The van der Waals surface area contributed by atoms with Gasteiger partial charge in [0.25, 0.3) is 0 Å². The van der Waals surface area contributed by atoms with Gasteiger partial charge >= 0.3 is 0 Å². The zero-order valence-electron chi connectivity index (χ0n) is 9.22. The van der Waals surface area contributed by atoms with Crippen LogP contribution in [0.1, 0.15) is 53.9 Å². The highest BCUT2D eigenvalue weighted by atomic mass is 16.3. The molecule has 1 heteroatoms. The van der Waals surface area contributed by atoms with Crippen LogP contribution in [0.25, 0.3) is 0 Å². The molecule has 0 aromatic carbocycles. The molecule has 0 bridgehead atoms. The summed E-state index contributed by atoms with van der Waals surface area (Å²) in [5, 5.41) is 9.14. The Kier molecular flexibility index (Phi) is 4.84. The van der Waals surface area contributed by atoms with Crippen LogP contribution < -0.4 is 0 Å². The molecule has 0 radical (unpaired) electrons. The molecule has 0 aliphatic heterocycles. The minimum absolute atomic E-state index is 0.139. The van der Waals surface area contributed by atoms with Crippen LogP contribution in [0.15, 0.2) is 0 Å². The molecular weight excluding hydrogens is 148 g/mol. The van der Waals surface area contributed by atoms with Gasteiger partial charge in [0.15, 0.2) is 0 Å². The van der Waals surface area contributed by atoms with Crippen LogP contribution in [0.4, 0.5) is 0 Å². The number of hydrogen-bond acceptors (Lipinski definition) is 1. The molecule has 0 aliphatic carbocycles. The van der Waals surface area contributed by atoms with Crippen LogP contribution in [0.5, 0.6) is 0 Å². The van der Waals surface area contributed by atoms with Gasteiger partial charge in [-0.15, -0.1) is 0 Å². The SMILES string of the molecule is CCC(C)(C)C(C)CCC(C)O. The maximum Gasteiger partial charge on any atom is 0.0512 e. The number of rotatable bonds is 5. The van der Waals surface area contributed by atoms with Gasteiger partial charge in [-0.1, -0.05) is 34.1 Å². The molecule has 0 saturated carbocycles. The fourth-order valence-electron chi connectivity index (χ4n) is 1.23. The van der Waals surface area contributed by atoms with E-state index in [1.807, 2.05) is 6.92 Å². The minimum Gasteiger partial charge on any atom is -0.393 e. The fourth-order valence-corrected chi connectivity index (χ4v) is 1.23. The summed E-state index contributed by atoms with van der Waals surface area (Å²) < 4.78 is 0. The van der Waals surface area contributed by atoms with Crippen LogP contribution in [0.3, 0.4) is 0 Å². The van der Waals surface area contributed by atoms with Gasteiger partial charge in [0.05, 0.1) is 6.10 Å². The topological polar surface area (TPSA) is 20.2 Å². The quantitative estimate of drug-likeness (QED) is 0.675. The first-order valence-corrected chi connectivity index (χ1v) is 5.08. The van der Waals surface area contributed by atoms with Gasteiger partial charge in [-0.3, -0.25) is 0 Å². The van der Waals surface area contributed by atoms with Crippen molar-refractivity contribution in [2.75, 3.05) is 0 Å². The van der Waals surface area contributed by atoms with Crippen molar-refractivity contribution >= 4 is 0 Å². The van der Waals surface area contributed by atoms with Crippen molar-refractivity contribution in [2.45, 2.75) is 60.0 Å². The zero-order valence-corrected chi connectivity index (χ0v) is 9.22. The van der Waals surface area contributed by atoms with Crippen molar-refractivity contribution in [2.24, 2.45) is 11.3 Å². The first kappa shape index (κ1) is 12.0. The van der Waals surface area contributed by atoms with Crippen LogP contribution in [0, 0.1) is 11.3 Å². The molecule has 0 amide bonds. The molecule has 2 atom stereocenters. The number of aliphatic hydroxyl groups is 1. The summed E-state index contributed by atoms with van der Waals surface area (Å²) in [5.41, 5.74) is 0.425. The Morgan fingerprint density at radius 2 is 1.67 bits per heavy atom. The van der Waals surface area contributed by atoms with Crippen LogP contribution in [-0.2, 0) is 0 Å². The van der Waals surface area contributed by atoms with Crippen molar-refractivity contribution in [3.63, 3.8) is 0 Å². The predicted octanol–water partition coefficient (Wildman–Crippen LogP) is 3.22. The van der Waals surface area contributed by atoms with Crippen LogP contribution in [0.2, 0.25) is 0 Å². The molecular formula is C11H24O. The molecule has 0 aromatic rings. The lowest BCUT2D eigenvalue weighted by atomic mass is 9.75. The predicted molar refractivity (Wildman–Crippen MR) is 54.2 cm³/mol. The second-order valence-electron chi connectivity index (χ2n) is 4.67. The molecule has 0 rings (SSSR count). The minimum atomic E-state index is -0.139. The van der Waals surface area contributed by atoms with Crippen LogP contribution >= 0.6 is 0 Å². The van der Waals surface area contributed by atoms with Gasteiger partial charge in [-0.05, 0) is 31.1 Å². The summed E-state index contributed by atoms with van der Waals surface area (Å²) in [5.74, 6) is 0.706. The summed E-state index contributed by atoms with van der Waals surface area (Å²) in [6.45, 7) is 11.0. The smallest absolute Gasteiger partial charge is 0.0512 e. The van der Waals surface area contributed by atoms with Gasteiger partial charge in [0.2, 0.25) is 0 Å². The van der Waals surface area contributed by atoms with E-state index in [1.165, 1.54) is 6.42 Å². The van der Waals surface area contributed by atoms with E-state index in [4.69, 9.17) is 5.11 Å². The van der Waals surface area contributed by atoms with E-state index in [0.717, 1.165) is 12.8 Å². The van der Waals surface area contributed by atoms with Crippen molar-refractivity contribution in [3.8, 4) is 0 Å². The van der Waals surface area contributed by atoms with E-state index in [0.29, 0.717) is 11.3 Å². The van der Waals surface area contributed by atoms with Crippen molar-refractivity contribution in [3.05, 3.63) is 0 Å². The third-order valence-corrected chi connectivity index (χ3v) is 3.26. The first-order valence-electron chi connectivity index (χ1n) is 5.08. The summed E-state index contributed by atoms with van der Waals surface area (Å²) >= 11 is 0. The Morgan fingerprint density at radius 1 is 1.17 bits per heavy atom. The Morgan fingerprint density at radius 3 is 2.00 bits per heavy atom. The van der Waals surface area contributed by atoms with Gasteiger partial charge in [0, 0.05) is 0 Å². The summed E-state index contributed by atoms with van der Waals surface area (Å²) in [4.78, 5) is 0. The third-order valence-electron chi connectivity index (χ3n) is 3.26. The van der Waals surface area contributed by atoms with E-state index in [-0.39, 0.29) is 6.10 Å². The van der Waals surface area contributed by atoms with E-state index in [2.05, 4.69) is 27.7 Å². The van der Waals surface area contributed by atoms with Gasteiger partial charge < -0.3 is 5.11 Å². The van der Waals surface area contributed by atoms with Crippen LogP contribution in [-0.4, -0.2) is 11.2 Å². The Labute approximate surface area is 77.2 Å². The molecule has 1 nitrogen and oxygen atoms in total. The Balaban J connectivity index is 3.78. The molecule has 2 unspecified atom stereocenters. The second kappa shape index (κ2) is 4.86. The third kappa shape index (κ3) is 4.10. The number of hydrogen-bond donors (Lipinski definition) is 1. The highest BCUT2D eigenvalue weighted by Gasteiger charge is 2.23. The molecule has 0 fully saturated rings. The monoisotopic (exact) mass is 172 g/mol. The highest BCUT2D eigenvalue weighted by molar-refractivity contribution is 4.74. The van der Waals surface area contributed by atoms with Gasteiger partial charge in [0.1, 0.15) is 0 Å². The van der Waals surface area contributed by atoms with E-state index < -0.39 is 0 Å². The maximum atomic E-state index is 9.14. The second-order valence-corrected chi connectivity index (χ2v) is 4.67. The molecule has 0 aliphatic rings. The van der Waals surface area contributed by atoms with E-state index in [9.17, 15) is 0 Å². The Hall–Kier alpha value is -0.0400. The molecule has 0 heterocycles. The molecule has 74 valence electrons. The average molecular weight is 172 g/mol. The average Bonchev–Trinajstić information content (AvgIpc) is 2.00. The lowest BCUT2D eigenvalue weighted by molar-refractivity contribution is 0.144. The normalized spacial score (nSPS) is 17.5. The van der Waals surface area contributed by atoms with E-state index >= 15 is 0 Å².